The van der Waals surface area contributed by atoms with E-state index in [2.05, 4.69) is 10.0 Å². The molecule has 0 aliphatic carbocycles. The maximum absolute atomic E-state index is 12.1. The molecule has 0 rings (SSSR count). The van der Waals surface area contributed by atoms with Gasteiger partial charge in [-0.25, -0.2) is 4.79 Å². The number of azide groups is 1. The molecular formula is C13H25N5O4. The van der Waals surface area contributed by atoms with Crippen LogP contribution in [0.2, 0.25) is 0 Å². The zero-order valence-corrected chi connectivity index (χ0v) is 13.7. The van der Waals surface area contributed by atoms with Gasteiger partial charge in [0.2, 0.25) is 0 Å². The van der Waals surface area contributed by atoms with Crippen LogP contribution in [0.4, 0.5) is 4.79 Å². The summed E-state index contributed by atoms with van der Waals surface area (Å²) in [6.07, 6.45) is 0.0588. The Labute approximate surface area is 130 Å². The summed E-state index contributed by atoms with van der Waals surface area (Å²) in [7, 11) is 1.67. The molecule has 22 heavy (non-hydrogen) atoms. The number of aliphatic carboxylic acids is 1. The number of carbonyl (C=O) groups is 2. The van der Waals surface area contributed by atoms with E-state index in [-0.39, 0.29) is 6.54 Å². The highest BCUT2D eigenvalue weighted by atomic mass is 16.6. The number of amides is 1. The van der Waals surface area contributed by atoms with E-state index in [0.717, 1.165) is 0 Å². The van der Waals surface area contributed by atoms with Crippen LogP contribution in [0.15, 0.2) is 5.11 Å². The first kappa shape index (κ1) is 20.0. The van der Waals surface area contributed by atoms with Crippen LogP contribution in [-0.4, -0.2) is 72.3 Å². The number of carboxylic acids is 1. The van der Waals surface area contributed by atoms with Crippen molar-refractivity contribution in [3.63, 3.8) is 0 Å². The lowest BCUT2D eigenvalue weighted by Gasteiger charge is -2.28. The molecule has 0 saturated carbocycles. The molecule has 0 saturated heterocycles. The maximum atomic E-state index is 12.1. The van der Waals surface area contributed by atoms with Gasteiger partial charge in [0.15, 0.2) is 0 Å². The number of nitrogens with zero attached hydrogens (tertiary/aromatic N) is 5. The first-order valence-electron chi connectivity index (χ1n) is 7.05. The molecule has 0 aliphatic rings. The van der Waals surface area contributed by atoms with Crippen LogP contribution in [-0.2, 0) is 9.53 Å². The van der Waals surface area contributed by atoms with E-state index in [1.54, 1.807) is 32.7 Å². The molecular weight excluding hydrogens is 290 g/mol. The van der Waals surface area contributed by atoms with Crippen molar-refractivity contribution in [3.8, 4) is 0 Å². The molecule has 9 nitrogen and oxygen atoms in total. The van der Waals surface area contributed by atoms with Crippen LogP contribution in [0.25, 0.3) is 10.4 Å². The van der Waals surface area contributed by atoms with Crippen LogP contribution in [0.5, 0.6) is 0 Å². The summed E-state index contributed by atoms with van der Waals surface area (Å²) in [6, 6.07) is 0. The zero-order chi connectivity index (χ0) is 17.2. The van der Waals surface area contributed by atoms with Gasteiger partial charge in [0.1, 0.15) is 5.60 Å². The first-order chi connectivity index (χ1) is 10.2. The Kier molecular flexibility index (Phi) is 8.97. The van der Waals surface area contributed by atoms with Crippen molar-refractivity contribution in [2.45, 2.75) is 32.8 Å². The third kappa shape index (κ3) is 10.8. The number of carbonyl (C=O) groups excluding carboxylic acids is 1. The fourth-order valence-corrected chi connectivity index (χ4v) is 1.60. The third-order valence-electron chi connectivity index (χ3n) is 2.56. The molecule has 0 radical (unpaired) electrons. The molecule has 126 valence electrons. The molecule has 0 fully saturated rings. The summed E-state index contributed by atoms with van der Waals surface area (Å²) >= 11 is 0. The van der Waals surface area contributed by atoms with Gasteiger partial charge < -0.3 is 14.7 Å². The number of likely N-dealkylation sites (N-methyl/N-ethyl adjacent to an activating group) is 1. The molecule has 0 heterocycles. The van der Waals surface area contributed by atoms with Crippen molar-refractivity contribution >= 4 is 12.1 Å². The van der Waals surface area contributed by atoms with E-state index >= 15 is 0 Å². The number of rotatable bonds is 9. The highest BCUT2D eigenvalue weighted by Crippen LogP contribution is 2.10. The molecule has 1 amide bonds. The molecule has 0 aromatic rings. The Balaban J connectivity index is 4.53. The Morgan fingerprint density at radius 1 is 1.27 bits per heavy atom. The Bertz CT molecular complexity index is 415. The Morgan fingerprint density at radius 3 is 2.41 bits per heavy atom. The van der Waals surface area contributed by atoms with Crippen LogP contribution >= 0.6 is 0 Å². The molecule has 0 unspecified atom stereocenters. The predicted molar refractivity (Wildman–Crippen MR) is 81.6 cm³/mol. The second-order valence-electron chi connectivity index (χ2n) is 5.91. The summed E-state index contributed by atoms with van der Waals surface area (Å²) in [5, 5.41) is 12.1. The lowest BCUT2D eigenvalue weighted by atomic mass is 10.2. The predicted octanol–water partition coefficient (Wildman–Crippen LogP) is 1.94. The quantitative estimate of drug-likeness (QED) is 0.302. The monoisotopic (exact) mass is 315 g/mol. The summed E-state index contributed by atoms with van der Waals surface area (Å²) in [6.45, 7) is 6.66. The largest absolute Gasteiger partial charge is 0.480 e. The summed E-state index contributed by atoms with van der Waals surface area (Å²) in [5.74, 6) is -0.922. The van der Waals surface area contributed by atoms with Crippen molar-refractivity contribution in [3.05, 3.63) is 10.4 Å². The second-order valence-corrected chi connectivity index (χ2v) is 5.91. The number of hydrogen-bond acceptors (Lipinski definition) is 5. The van der Waals surface area contributed by atoms with Gasteiger partial charge in [-0.15, -0.1) is 0 Å². The fraction of sp³-hybridized carbons (Fsp3) is 0.846. The second kappa shape index (κ2) is 9.86. The van der Waals surface area contributed by atoms with Crippen LogP contribution in [0, 0.1) is 0 Å². The molecule has 1 N–H and O–H groups in total. The van der Waals surface area contributed by atoms with E-state index in [1.807, 2.05) is 0 Å². The molecule has 0 bridgehead atoms. The van der Waals surface area contributed by atoms with Crippen LogP contribution in [0.3, 0.4) is 0 Å². The van der Waals surface area contributed by atoms with E-state index < -0.39 is 17.7 Å². The van der Waals surface area contributed by atoms with Gasteiger partial charge in [-0.05, 0) is 39.8 Å². The highest BCUT2D eigenvalue weighted by Gasteiger charge is 2.22. The normalized spacial score (nSPS) is 11.0. The average molecular weight is 315 g/mol. The lowest BCUT2D eigenvalue weighted by molar-refractivity contribution is -0.138. The summed E-state index contributed by atoms with van der Waals surface area (Å²) < 4.78 is 5.32. The zero-order valence-electron chi connectivity index (χ0n) is 13.7. The molecule has 0 aromatic carbocycles. The Hall–Kier alpha value is -1.99. The van der Waals surface area contributed by atoms with Crippen LogP contribution in [0.1, 0.15) is 27.2 Å². The van der Waals surface area contributed by atoms with Crippen molar-refractivity contribution < 1.29 is 19.4 Å². The first-order valence-corrected chi connectivity index (χ1v) is 7.05. The smallest absolute Gasteiger partial charge is 0.410 e. The average Bonchev–Trinajstić information content (AvgIpc) is 2.34. The van der Waals surface area contributed by atoms with Gasteiger partial charge in [0.05, 0.1) is 6.54 Å². The molecule has 0 spiro atoms. The van der Waals surface area contributed by atoms with Gasteiger partial charge in [0, 0.05) is 31.1 Å². The number of carboxylic acid groups (broad SMARTS) is 1. The summed E-state index contributed by atoms with van der Waals surface area (Å²) in [4.78, 5) is 28.5. The SMILES string of the molecule is CN(CCN(CCCN=[N+]=[N-])C(=O)OC(C)(C)C)CC(=O)O. The van der Waals surface area contributed by atoms with E-state index in [1.165, 1.54) is 4.90 Å². The highest BCUT2D eigenvalue weighted by molar-refractivity contribution is 5.69. The molecule has 0 aromatic heterocycles. The van der Waals surface area contributed by atoms with Crippen molar-refractivity contribution in [1.29, 1.82) is 0 Å². The Morgan fingerprint density at radius 2 is 1.91 bits per heavy atom. The van der Waals surface area contributed by atoms with E-state index in [9.17, 15) is 9.59 Å². The minimum atomic E-state index is -0.922. The molecule has 0 aliphatic heterocycles. The summed E-state index contributed by atoms with van der Waals surface area (Å²) in [5.41, 5.74) is 7.64. The third-order valence-corrected chi connectivity index (χ3v) is 2.56. The van der Waals surface area contributed by atoms with Crippen molar-refractivity contribution in [2.24, 2.45) is 5.11 Å². The topological polar surface area (TPSA) is 119 Å². The van der Waals surface area contributed by atoms with E-state index in [0.29, 0.717) is 32.6 Å². The maximum Gasteiger partial charge on any atom is 0.410 e. The number of hydrogen-bond donors (Lipinski definition) is 1. The minimum absolute atomic E-state index is 0.0963. The van der Waals surface area contributed by atoms with Crippen molar-refractivity contribution in [1.82, 2.24) is 9.80 Å². The molecule has 9 heteroatoms. The van der Waals surface area contributed by atoms with Crippen LogP contribution < -0.4 is 0 Å². The van der Waals surface area contributed by atoms with Gasteiger partial charge >= 0.3 is 12.1 Å². The van der Waals surface area contributed by atoms with E-state index in [4.69, 9.17) is 15.4 Å². The lowest BCUT2D eigenvalue weighted by Crippen LogP contribution is -2.42. The van der Waals surface area contributed by atoms with Gasteiger partial charge in [-0.3, -0.25) is 9.69 Å². The standard InChI is InChI=1S/C13H25N5O4/c1-13(2,3)22-12(21)18(7-5-6-15-16-14)9-8-17(4)10-11(19)20/h5-10H2,1-4H3,(H,19,20). The van der Waals surface area contributed by atoms with Gasteiger partial charge in [-0.1, -0.05) is 5.11 Å². The number of ether oxygens (including phenoxy) is 1. The minimum Gasteiger partial charge on any atom is -0.480 e. The molecule has 0 atom stereocenters. The van der Waals surface area contributed by atoms with Crippen molar-refractivity contribution in [2.75, 3.05) is 39.8 Å². The van der Waals surface area contributed by atoms with Gasteiger partial charge in [0.25, 0.3) is 0 Å². The van der Waals surface area contributed by atoms with Gasteiger partial charge in [-0.2, -0.15) is 0 Å². The fourth-order valence-electron chi connectivity index (χ4n) is 1.60.